The van der Waals surface area contributed by atoms with Gasteiger partial charge in [-0.2, -0.15) is 0 Å². The number of hydrogen-bond donors (Lipinski definition) is 1. The van der Waals surface area contributed by atoms with E-state index in [2.05, 4.69) is 4.98 Å². The van der Waals surface area contributed by atoms with Crippen LogP contribution in [-0.4, -0.2) is 56.9 Å². The Balaban J connectivity index is 1.38. The van der Waals surface area contributed by atoms with E-state index in [9.17, 15) is 14.7 Å². The van der Waals surface area contributed by atoms with Gasteiger partial charge >= 0.3 is 0 Å². The van der Waals surface area contributed by atoms with Gasteiger partial charge in [0.2, 0.25) is 5.91 Å². The average molecular weight is 385 g/mol. The van der Waals surface area contributed by atoms with Crippen molar-refractivity contribution in [2.24, 2.45) is 0 Å². The Bertz CT molecular complexity index is 896. The Hall–Kier alpha value is -2.25. The molecule has 2 fully saturated rings. The summed E-state index contributed by atoms with van der Waals surface area (Å²) in [5, 5.41) is 11.5. The third-order valence-corrected chi connectivity index (χ3v) is 5.92. The fourth-order valence-corrected chi connectivity index (χ4v) is 4.16. The quantitative estimate of drug-likeness (QED) is 0.866. The monoisotopic (exact) mass is 385 g/mol. The molecule has 4 rings (SSSR count). The lowest BCUT2D eigenvalue weighted by molar-refractivity contribution is -0.139. The van der Waals surface area contributed by atoms with Crippen molar-refractivity contribution >= 4 is 16.8 Å². The molecule has 2 saturated heterocycles. The summed E-state index contributed by atoms with van der Waals surface area (Å²) in [5.41, 5.74) is -0.500. The van der Waals surface area contributed by atoms with Crippen LogP contribution in [0.3, 0.4) is 0 Å². The van der Waals surface area contributed by atoms with Gasteiger partial charge in [0.25, 0.3) is 5.56 Å². The molecule has 7 heteroatoms. The predicted octanol–water partition coefficient (Wildman–Crippen LogP) is 1.71. The van der Waals surface area contributed by atoms with Crippen molar-refractivity contribution in [2.45, 2.75) is 56.8 Å². The molecular weight excluding hydrogens is 358 g/mol. The van der Waals surface area contributed by atoms with Crippen LogP contribution in [0.2, 0.25) is 0 Å². The maximum Gasteiger partial charge on any atom is 0.261 e. The number of piperidine rings is 1. The molecule has 0 spiro atoms. The van der Waals surface area contributed by atoms with Gasteiger partial charge in [0.1, 0.15) is 0 Å². The standard InChI is InChI=1S/C21H27N3O4/c25-19(13-16-5-3-4-12-28-16)23-10-8-21(27,9-11-23)14-24-15-22-18-7-2-1-6-17(18)20(24)26/h1-2,6-7,15-16,27H,3-5,8-14H2. The summed E-state index contributed by atoms with van der Waals surface area (Å²) in [4.78, 5) is 31.3. The number of likely N-dealkylation sites (tertiary alicyclic amines) is 1. The number of para-hydroxylation sites is 1. The molecule has 150 valence electrons. The van der Waals surface area contributed by atoms with Crippen molar-refractivity contribution in [1.82, 2.24) is 14.5 Å². The number of benzene rings is 1. The molecule has 2 aliphatic heterocycles. The highest BCUT2D eigenvalue weighted by molar-refractivity contribution is 5.77. The second-order valence-corrected chi connectivity index (χ2v) is 7.99. The van der Waals surface area contributed by atoms with E-state index in [0.29, 0.717) is 43.3 Å². The molecule has 2 aliphatic rings. The lowest BCUT2D eigenvalue weighted by atomic mass is 9.90. The molecular formula is C21H27N3O4. The Labute approximate surface area is 163 Å². The molecule has 0 bridgehead atoms. The van der Waals surface area contributed by atoms with Gasteiger partial charge in [-0.1, -0.05) is 12.1 Å². The minimum atomic E-state index is -1.01. The third-order valence-electron chi connectivity index (χ3n) is 5.92. The van der Waals surface area contributed by atoms with Gasteiger partial charge in [0.05, 0.1) is 41.9 Å². The Kier molecular flexibility index (Phi) is 5.46. The van der Waals surface area contributed by atoms with Crippen LogP contribution < -0.4 is 5.56 Å². The fourth-order valence-electron chi connectivity index (χ4n) is 4.16. The summed E-state index contributed by atoms with van der Waals surface area (Å²) >= 11 is 0. The number of amides is 1. The van der Waals surface area contributed by atoms with Gasteiger partial charge in [0.15, 0.2) is 0 Å². The van der Waals surface area contributed by atoms with Crippen molar-refractivity contribution < 1.29 is 14.6 Å². The van der Waals surface area contributed by atoms with E-state index in [4.69, 9.17) is 4.74 Å². The largest absolute Gasteiger partial charge is 0.388 e. The van der Waals surface area contributed by atoms with E-state index >= 15 is 0 Å². The van der Waals surface area contributed by atoms with Crippen LogP contribution in [0, 0.1) is 0 Å². The maximum atomic E-state index is 12.7. The molecule has 1 unspecified atom stereocenters. The number of hydrogen-bond acceptors (Lipinski definition) is 5. The SMILES string of the molecule is O=C(CC1CCCCO1)N1CCC(O)(Cn2cnc3ccccc3c2=O)CC1. The zero-order chi connectivity index (χ0) is 19.6. The first kappa shape index (κ1) is 19.1. The summed E-state index contributed by atoms with van der Waals surface area (Å²) in [6.07, 6.45) is 5.99. The Morgan fingerprint density at radius 1 is 1.25 bits per heavy atom. The molecule has 0 saturated carbocycles. The van der Waals surface area contributed by atoms with Crippen molar-refractivity contribution in [3.63, 3.8) is 0 Å². The van der Waals surface area contributed by atoms with Gasteiger partial charge in [-0.05, 0) is 44.2 Å². The summed E-state index contributed by atoms with van der Waals surface area (Å²) in [6, 6.07) is 7.21. The molecule has 0 aliphatic carbocycles. The van der Waals surface area contributed by atoms with Crippen molar-refractivity contribution in [2.75, 3.05) is 19.7 Å². The van der Waals surface area contributed by atoms with Gasteiger partial charge in [-0.15, -0.1) is 0 Å². The smallest absolute Gasteiger partial charge is 0.261 e. The van der Waals surface area contributed by atoms with E-state index in [1.807, 2.05) is 17.0 Å². The summed E-state index contributed by atoms with van der Waals surface area (Å²) in [7, 11) is 0. The normalized spacial score (nSPS) is 22.3. The van der Waals surface area contributed by atoms with Gasteiger partial charge in [-0.3, -0.25) is 14.2 Å². The number of ether oxygens (including phenoxy) is 1. The third kappa shape index (κ3) is 4.10. The first-order valence-electron chi connectivity index (χ1n) is 10.1. The first-order valence-corrected chi connectivity index (χ1v) is 10.1. The fraction of sp³-hybridized carbons (Fsp3) is 0.571. The average Bonchev–Trinajstić information content (AvgIpc) is 2.71. The highest BCUT2D eigenvalue weighted by Crippen LogP contribution is 2.25. The second-order valence-electron chi connectivity index (χ2n) is 7.99. The molecule has 1 aromatic heterocycles. The van der Waals surface area contributed by atoms with Crippen LogP contribution in [0.15, 0.2) is 35.4 Å². The number of fused-ring (bicyclic) bond motifs is 1. The van der Waals surface area contributed by atoms with Crippen molar-refractivity contribution in [3.05, 3.63) is 40.9 Å². The summed E-state index contributed by atoms with van der Waals surface area (Å²) in [6.45, 7) is 1.93. The van der Waals surface area contributed by atoms with E-state index in [1.54, 1.807) is 12.1 Å². The minimum absolute atomic E-state index is 0.0318. The van der Waals surface area contributed by atoms with E-state index in [0.717, 1.165) is 25.9 Å². The molecule has 1 N–H and O–H groups in total. The molecule has 2 aromatic rings. The Morgan fingerprint density at radius 2 is 2.04 bits per heavy atom. The number of carbonyl (C=O) groups is 1. The molecule has 1 aromatic carbocycles. The molecule has 1 amide bonds. The van der Waals surface area contributed by atoms with Crippen LogP contribution in [0.25, 0.3) is 10.9 Å². The predicted molar refractivity (Wildman–Crippen MR) is 105 cm³/mol. The summed E-state index contributed by atoms with van der Waals surface area (Å²) in [5.74, 6) is 0.0958. The molecule has 3 heterocycles. The topological polar surface area (TPSA) is 84.7 Å². The van der Waals surface area contributed by atoms with Crippen LogP contribution in [0.4, 0.5) is 0 Å². The van der Waals surface area contributed by atoms with E-state index in [1.165, 1.54) is 10.9 Å². The number of carbonyl (C=O) groups excluding carboxylic acids is 1. The van der Waals surface area contributed by atoms with Gasteiger partial charge < -0.3 is 14.7 Å². The number of nitrogens with zero attached hydrogens (tertiary/aromatic N) is 3. The van der Waals surface area contributed by atoms with Gasteiger partial charge in [-0.25, -0.2) is 4.98 Å². The van der Waals surface area contributed by atoms with Crippen LogP contribution >= 0.6 is 0 Å². The molecule has 0 radical (unpaired) electrons. The number of rotatable bonds is 4. The van der Waals surface area contributed by atoms with Crippen molar-refractivity contribution in [3.8, 4) is 0 Å². The number of aromatic nitrogens is 2. The van der Waals surface area contributed by atoms with Gasteiger partial charge in [0, 0.05) is 19.7 Å². The van der Waals surface area contributed by atoms with Crippen molar-refractivity contribution in [1.29, 1.82) is 0 Å². The lowest BCUT2D eigenvalue weighted by Gasteiger charge is -2.39. The van der Waals surface area contributed by atoms with Crippen LogP contribution in [-0.2, 0) is 16.1 Å². The molecule has 1 atom stereocenters. The minimum Gasteiger partial charge on any atom is -0.388 e. The number of aliphatic hydroxyl groups is 1. The highest BCUT2D eigenvalue weighted by atomic mass is 16.5. The van der Waals surface area contributed by atoms with E-state index in [-0.39, 0.29) is 24.1 Å². The Morgan fingerprint density at radius 3 is 2.79 bits per heavy atom. The zero-order valence-electron chi connectivity index (χ0n) is 16.0. The maximum absolute atomic E-state index is 12.7. The zero-order valence-corrected chi connectivity index (χ0v) is 16.0. The lowest BCUT2D eigenvalue weighted by Crippen LogP contribution is -2.50. The molecule has 7 nitrogen and oxygen atoms in total. The molecule has 28 heavy (non-hydrogen) atoms. The van der Waals surface area contributed by atoms with Crippen LogP contribution in [0.5, 0.6) is 0 Å². The van der Waals surface area contributed by atoms with Crippen LogP contribution in [0.1, 0.15) is 38.5 Å². The first-order chi connectivity index (χ1) is 13.5. The summed E-state index contributed by atoms with van der Waals surface area (Å²) < 4.78 is 7.15. The highest BCUT2D eigenvalue weighted by Gasteiger charge is 2.35. The second kappa shape index (κ2) is 8.01. The van der Waals surface area contributed by atoms with E-state index < -0.39 is 5.60 Å².